The molecule has 0 atom stereocenters. The van der Waals surface area contributed by atoms with Gasteiger partial charge in [-0.15, -0.1) is 0 Å². The predicted octanol–water partition coefficient (Wildman–Crippen LogP) is 2.82. The SMILES string of the molecule is O=C(CCCOCc1ccccc1)C(F)F. The second kappa shape index (κ2) is 7.06. The molecule has 0 amide bonds. The van der Waals surface area contributed by atoms with Crippen molar-refractivity contribution in [1.29, 1.82) is 0 Å². The number of hydrogen-bond acceptors (Lipinski definition) is 2. The standard InChI is InChI=1S/C12H14F2O2/c13-12(14)11(15)7-4-8-16-9-10-5-2-1-3-6-10/h1-3,5-6,12H,4,7-9H2. The molecule has 0 saturated carbocycles. The second-order valence-corrected chi connectivity index (χ2v) is 3.41. The first-order chi connectivity index (χ1) is 7.70. The monoisotopic (exact) mass is 228 g/mol. The first-order valence-corrected chi connectivity index (χ1v) is 5.12. The van der Waals surface area contributed by atoms with Crippen LogP contribution >= 0.6 is 0 Å². The van der Waals surface area contributed by atoms with E-state index in [9.17, 15) is 13.6 Å². The van der Waals surface area contributed by atoms with Gasteiger partial charge in [0.05, 0.1) is 6.61 Å². The molecule has 0 N–H and O–H groups in total. The molecule has 0 fully saturated rings. The molecule has 0 saturated heterocycles. The third-order valence-electron chi connectivity index (χ3n) is 2.07. The number of carbonyl (C=O) groups is 1. The molecule has 0 aliphatic rings. The summed E-state index contributed by atoms with van der Waals surface area (Å²) >= 11 is 0. The number of benzene rings is 1. The van der Waals surface area contributed by atoms with Crippen LogP contribution in [0, 0.1) is 0 Å². The normalized spacial score (nSPS) is 10.7. The number of Topliss-reactive ketones (excluding diaryl/α,β-unsaturated/α-hetero) is 1. The lowest BCUT2D eigenvalue weighted by Gasteiger charge is -2.03. The van der Waals surface area contributed by atoms with Gasteiger partial charge in [0, 0.05) is 13.0 Å². The van der Waals surface area contributed by atoms with E-state index in [1.165, 1.54) is 0 Å². The van der Waals surface area contributed by atoms with Crippen LogP contribution in [0.25, 0.3) is 0 Å². The van der Waals surface area contributed by atoms with Crippen molar-refractivity contribution in [3.05, 3.63) is 35.9 Å². The smallest absolute Gasteiger partial charge is 0.295 e. The summed E-state index contributed by atoms with van der Waals surface area (Å²) in [5.74, 6) is -1.01. The Balaban J connectivity index is 2.07. The van der Waals surface area contributed by atoms with Crippen molar-refractivity contribution in [1.82, 2.24) is 0 Å². The quantitative estimate of drug-likeness (QED) is 0.671. The molecule has 1 aromatic carbocycles. The van der Waals surface area contributed by atoms with E-state index in [0.29, 0.717) is 19.6 Å². The lowest BCUT2D eigenvalue weighted by Crippen LogP contribution is -2.10. The van der Waals surface area contributed by atoms with Gasteiger partial charge in [0.15, 0.2) is 5.78 Å². The number of hydrogen-bond donors (Lipinski definition) is 0. The second-order valence-electron chi connectivity index (χ2n) is 3.41. The number of carbonyl (C=O) groups excluding carboxylic acids is 1. The topological polar surface area (TPSA) is 26.3 Å². The number of rotatable bonds is 7. The van der Waals surface area contributed by atoms with Crippen LogP contribution in [-0.2, 0) is 16.1 Å². The number of halogens is 2. The molecule has 0 aliphatic heterocycles. The zero-order valence-electron chi connectivity index (χ0n) is 8.86. The fourth-order valence-corrected chi connectivity index (χ4v) is 1.22. The van der Waals surface area contributed by atoms with E-state index < -0.39 is 12.2 Å². The zero-order chi connectivity index (χ0) is 11.8. The Hall–Kier alpha value is -1.29. The largest absolute Gasteiger partial charge is 0.377 e. The van der Waals surface area contributed by atoms with Gasteiger partial charge in [0.25, 0.3) is 6.43 Å². The van der Waals surface area contributed by atoms with Crippen molar-refractivity contribution in [2.75, 3.05) is 6.61 Å². The summed E-state index contributed by atoms with van der Waals surface area (Å²) in [7, 11) is 0. The molecule has 88 valence electrons. The number of alkyl halides is 2. The van der Waals surface area contributed by atoms with Crippen LogP contribution in [0.3, 0.4) is 0 Å². The highest BCUT2D eigenvalue weighted by Crippen LogP contribution is 2.04. The van der Waals surface area contributed by atoms with Gasteiger partial charge in [0.1, 0.15) is 0 Å². The van der Waals surface area contributed by atoms with Gasteiger partial charge in [-0.1, -0.05) is 30.3 Å². The maximum atomic E-state index is 11.8. The summed E-state index contributed by atoms with van der Waals surface area (Å²) in [6, 6.07) is 9.55. The summed E-state index contributed by atoms with van der Waals surface area (Å²) < 4.78 is 28.9. The molecule has 1 rings (SSSR count). The third kappa shape index (κ3) is 4.98. The highest BCUT2D eigenvalue weighted by Gasteiger charge is 2.13. The Labute approximate surface area is 93.2 Å². The van der Waals surface area contributed by atoms with Crippen LogP contribution in [0.5, 0.6) is 0 Å². The Bertz CT molecular complexity index is 312. The molecule has 1 aromatic rings. The highest BCUT2D eigenvalue weighted by molar-refractivity contribution is 5.81. The van der Waals surface area contributed by atoms with Crippen molar-refractivity contribution in [2.45, 2.75) is 25.9 Å². The van der Waals surface area contributed by atoms with Crippen molar-refractivity contribution in [2.24, 2.45) is 0 Å². The van der Waals surface area contributed by atoms with Gasteiger partial charge in [-0.3, -0.25) is 4.79 Å². The first-order valence-electron chi connectivity index (χ1n) is 5.12. The van der Waals surface area contributed by atoms with Crippen molar-refractivity contribution in [3.63, 3.8) is 0 Å². The first kappa shape index (κ1) is 12.8. The number of ether oxygens (including phenoxy) is 1. The van der Waals surface area contributed by atoms with Crippen molar-refractivity contribution in [3.8, 4) is 0 Å². The van der Waals surface area contributed by atoms with Gasteiger partial charge in [0.2, 0.25) is 0 Å². The summed E-state index contributed by atoms with van der Waals surface area (Å²) in [4.78, 5) is 10.6. The number of ketones is 1. The van der Waals surface area contributed by atoms with E-state index in [0.717, 1.165) is 5.56 Å². The lowest BCUT2D eigenvalue weighted by atomic mass is 10.2. The van der Waals surface area contributed by atoms with Gasteiger partial charge >= 0.3 is 0 Å². The molecule has 0 unspecified atom stereocenters. The van der Waals surface area contributed by atoms with E-state index >= 15 is 0 Å². The van der Waals surface area contributed by atoms with Crippen LogP contribution < -0.4 is 0 Å². The minimum atomic E-state index is -2.85. The lowest BCUT2D eigenvalue weighted by molar-refractivity contribution is -0.129. The zero-order valence-corrected chi connectivity index (χ0v) is 8.86. The molecular weight excluding hydrogens is 214 g/mol. The molecule has 0 bridgehead atoms. The van der Waals surface area contributed by atoms with Crippen LogP contribution in [0.2, 0.25) is 0 Å². The summed E-state index contributed by atoms with van der Waals surface area (Å²) in [6.07, 6.45) is -2.63. The van der Waals surface area contributed by atoms with Gasteiger partial charge in [-0.25, -0.2) is 8.78 Å². The molecule has 0 aliphatic carbocycles. The molecule has 0 spiro atoms. The predicted molar refractivity (Wildman–Crippen MR) is 56.3 cm³/mol. The van der Waals surface area contributed by atoms with Crippen LogP contribution in [0.15, 0.2) is 30.3 Å². The molecule has 0 radical (unpaired) electrons. The fourth-order valence-electron chi connectivity index (χ4n) is 1.22. The average molecular weight is 228 g/mol. The molecular formula is C12H14F2O2. The van der Waals surface area contributed by atoms with Crippen molar-refractivity contribution < 1.29 is 18.3 Å². The van der Waals surface area contributed by atoms with E-state index in [1.807, 2.05) is 30.3 Å². The fraction of sp³-hybridized carbons (Fsp3) is 0.417. The maximum Gasteiger partial charge on any atom is 0.295 e. The molecule has 0 aromatic heterocycles. The average Bonchev–Trinajstić information content (AvgIpc) is 2.29. The summed E-state index contributed by atoms with van der Waals surface area (Å²) in [5.41, 5.74) is 1.03. The summed E-state index contributed by atoms with van der Waals surface area (Å²) in [5, 5.41) is 0. The Morgan fingerprint density at radius 2 is 1.94 bits per heavy atom. The summed E-state index contributed by atoms with van der Waals surface area (Å²) in [6.45, 7) is 0.775. The Morgan fingerprint density at radius 3 is 2.56 bits per heavy atom. The third-order valence-corrected chi connectivity index (χ3v) is 2.07. The molecule has 4 heteroatoms. The highest BCUT2D eigenvalue weighted by atomic mass is 19.3. The van der Waals surface area contributed by atoms with Crippen molar-refractivity contribution >= 4 is 5.78 Å². The molecule has 16 heavy (non-hydrogen) atoms. The minimum absolute atomic E-state index is 0.119. The van der Waals surface area contributed by atoms with Gasteiger partial charge in [-0.2, -0.15) is 0 Å². The maximum absolute atomic E-state index is 11.8. The van der Waals surface area contributed by atoms with Crippen LogP contribution in [0.4, 0.5) is 8.78 Å². The Kier molecular flexibility index (Phi) is 5.64. The molecule has 2 nitrogen and oxygen atoms in total. The van der Waals surface area contributed by atoms with E-state index in [2.05, 4.69) is 0 Å². The Morgan fingerprint density at radius 1 is 1.25 bits per heavy atom. The minimum Gasteiger partial charge on any atom is -0.377 e. The molecule has 0 heterocycles. The van der Waals surface area contributed by atoms with Gasteiger partial charge in [-0.05, 0) is 12.0 Å². The van der Waals surface area contributed by atoms with Crippen LogP contribution in [-0.4, -0.2) is 18.8 Å². The van der Waals surface area contributed by atoms with Crippen LogP contribution in [0.1, 0.15) is 18.4 Å². The van der Waals surface area contributed by atoms with E-state index in [1.54, 1.807) is 0 Å². The van der Waals surface area contributed by atoms with Gasteiger partial charge < -0.3 is 4.74 Å². The van der Waals surface area contributed by atoms with E-state index in [-0.39, 0.29) is 6.42 Å². The van der Waals surface area contributed by atoms with E-state index in [4.69, 9.17) is 4.74 Å².